The second-order valence-corrected chi connectivity index (χ2v) is 4.95. The van der Waals surface area contributed by atoms with Crippen molar-refractivity contribution >= 4 is 0 Å². The third kappa shape index (κ3) is 5.94. The first-order valence-corrected chi connectivity index (χ1v) is 6.86. The Morgan fingerprint density at radius 3 is 2.26 bits per heavy atom. The molecular formula is C15H25NO3. The third-order valence-corrected chi connectivity index (χ3v) is 2.87. The van der Waals surface area contributed by atoms with Crippen LogP contribution in [0.2, 0.25) is 0 Å². The Labute approximate surface area is 115 Å². The molecule has 0 aliphatic heterocycles. The highest BCUT2D eigenvalue weighted by Gasteiger charge is 2.17. The molecule has 0 fully saturated rings. The minimum atomic E-state index is -0.804. The number of hydrogen-bond acceptors (Lipinski definition) is 4. The fraction of sp³-hybridized carbons (Fsp3) is 0.600. The van der Waals surface area contributed by atoms with Gasteiger partial charge in [-0.3, -0.25) is 0 Å². The van der Waals surface area contributed by atoms with Gasteiger partial charge in [0.05, 0.1) is 18.8 Å². The van der Waals surface area contributed by atoms with Gasteiger partial charge < -0.3 is 20.3 Å². The molecule has 0 spiro atoms. The highest BCUT2D eigenvalue weighted by molar-refractivity contribution is 5.39. The Morgan fingerprint density at radius 1 is 1.16 bits per heavy atom. The summed E-state index contributed by atoms with van der Waals surface area (Å²) in [5, 5.41) is 9.79. The molecule has 4 heteroatoms. The van der Waals surface area contributed by atoms with E-state index in [1.54, 1.807) is 6.92 Å². The van der Waals surface area contributed by atoms with Gasteiger partial charge in [0.15, 0.2) is 11.5 Å². The Balaban J connectivity index is 2.40. The maximum atomic E-state index is 9.79. The highest BCUT2D eigenvalue weighted by atomic mass is 16.5. The van der Waals surface area contributed by atoms with Gasteiger partial charge in [-0.1, -0.05) is 19.1 Å². The van der Waals surface area contributed by atoms with Gasteiger partial charge in [0.1, 0.15) is 0 Å². The van der Waals surface area contributed by atoms with E-state index in [9.17, 15) is 5.11 Å². The molecule has 0 amide bonds. The molecule has 0 bridgehead atoms. The Morgan fingerprint density at radius 2 is 1.74 bits per heavy atom. The summed E-state index contributed by atoms with van der Waals surface area (Å²) in [6.45, 7) is 5.30. The average Bonchev–Trinajstić information content (AvgIpc) is 2.42. The van der Waals surface area contributed by atoms with E-state index in [1.807, 2.05) is 24.3 Å². The van der Waals surface area contributed by atoms with Gasteiger partial charge in [0.25, 0.3) is 0 Å². The van der Waals surface area contributed by atoms with E-state index < -0.39 is 5.60 Å². The molecule has 0 heterocycles. The van der Waals surface area contributed by atoms with E-state index in [-0.39, 0.29) is 6.54 Å². The molecule has 0 aromatic heterocycles. The highest BCUT2D eigenvalue weighted by Crippen LogP contribution is 2.26. The van der Waals surface area contributed by atoms with Gasteiger partial charge in [0.2, 0.25) is 0 Å². The van der Waals surface area contributed by atoms with Gasteiger partial charge in [-0.15, -0.1) is 0 Å². The van der Waals surface area contributed by atoms with Gasteiger partial charge in [-0.25, -0.2) is 0 Å². The van der Waals surface area contributed by atoms with Crippen LogP contribution in [0.4, 0.5) is 0 Å². The molecule has 0 aliphatic carbocycles. The van der Waals surface area contributed by atoms with E-state index in [0.29, 0.717) is 19.6 Å². The summed E-state index contributed by atoms with van der Waals surface area (Å²) in [5.74, 6) is 1.53. The zero-order valence-corrected chi connectivity index (χ0v) is 11.9. The lowest BCUT2D eigenvalue weighted by molar-refractivity contribution is 0.0534. The van der Waals surface area contributed by atoms with Crippen LogP contribution in [0.3, 0.4) is 0 Å². The topological polar surface area (TPSA) is 64.7 Å². The summed E-state index contributed by atoms with van der Waals surface area (Å²) in [7, 11) is 0. The van der Waals surface area contributed by atoms with Gasteiger partial charge in [-0.2, -0.15) is 0 Å². The molecule has 0 radical (unpaired) electrons. The molecule has 1 unspecified atom stereocenters. The molecule has 0 saturated carbocycles. The summed E-state index contributed by atoms with van der Waals surface area (Å²) < 4.78 is 11.3. The molecule has 1 atom stereocenters. The minimum absolute atomic E-state index is 0.267. The second-order valence-electron chi connectivity index (χ2n) is 4.95. The van der Waals surface area contributed by atoms with Crippen LogP contribution in [-0.2, 0) is 0 Å². The fourth-order valence-electron chi connectivity index (χ4n) is 1.64. The number of para-hydroxylation sites is 2. The maximum Gasteiger partial charge on any atom is 0.161 e. The summed E-state index contributed by atoms with van der Waals surface area (Å²) in [5.41, 5.74) is 4.66. The van der Waals surface area contributed by atoms with Crippen LogP contribution in [0.25, 0.3) is 0 Å². The first-order valence-electron chi connectivity index (χ1n) is 6.86. The number of nitrogens with two attached hydrogens (primary N) is 1. The number of hydrogen-bond donors (Lipinski definition) is 2. The standard InChI is InChI=1S/C15H25NO3/c1-3-10-18-13-7-4-5-8-14(13)19-11-6-9-15(2,17)12-16/h4-5,7-8,17H,3,6,9-12,16H2,1-2H3. The monoisotopic (exact) mass is 267 g/mol. The lowest BCUT2D eigenvalue weighted by Crippen LogP contribution is -2.34. The van der Waals surface area contributed by atoms with Crippen LogP contribution in [0, 0.1) is 0 Å². The van der Waals surface area contributed by atoms with Crippen LogP contribution in [0.5, 0.6) is 11.5 Å². The predicted molar refractivity (Wildman–Crippen MR) is 76.6 cm³/mol. The molecule has 1 aromatic carbocycles. The van der Waals surface area contributed by atoms with Crippen molar-refractivity contribution in [1.82, 2.24) is 0 Å². The van der Waals surface area contributed by atoms with Crippen molar-refractivity contribution in [3.8, 4) is 11.5 Å². The quantitative estimate of drug-likeness (QED) is 0.674. The van der Waals surface area contributed by atoms with Crippen molar-refractivity contribution in [2.45, 2.75) is 38.7 Å². The molecule has 1 rings (SSSR count). The molecule has 108 valence electrons. The van der Waals surface area contributed by atoms with Crippen LogP contribution >= 0.6 is 0 Å². The Kier molecular flexibility index (Phi) is 6.67. The minimum Gasteiger partial charge on any atom is -0.490 e. The maximum absolute atomic E-state index is 9.79. The Bertz CT molecular complexity index is 366. The third-order valence-electron chi connectivity index (χ3n) is 2.87. The molecule has 1 aromatic rings. The largest absolute Gasteiger partial charge is 0.490 e. The summed E-state index contributed by atoms with van der Waals surface area (Å²) in [6.07, 6.45) is 2.35. The Hall–Kier alpha value is -1.26. The first-order chi connectivity index (χ1) is 9.09. The molecule has 0 saturated heterocycles. The summed E-state index contributed by atoms with van der Waals surface area (Å²) in [6, 6.07) is 7.65. The van der Waals surface area contributed by atoms with Gasteiger partial charge in [0, 0.05) is 6.54 Å². The van der Waals surface area contributed by atoms with Crippen molar-refractivity contribution in [2.24, 2.45) is 5.73 Å². The normalized spacial score (nSPS) is 13.9. The smallest absolute Gasteiger partial charge is 0.161 e. The van der Waals surface area contributed by atoms with Crippen LogP contribution in [0.1, 0.15) is 33.1 Å². The van der Waals surface area contributed by atoms with Crippen LogP contribution in [0.15, 0.2) is 24.3 Å². The lowest BCUT2D eigenvalue weighted by atomic mass is 10.0. The van der Waals surface area contributed by atoms with Gasteiger partial charge in [-0.05, 0) is 38.3 Å². The molecule has 19 heavy (non-hydrogen) atoms. The number of benzene rings is 1. The van der Waals surface area contributed by atoms with E-state index in [4.69, 9.17) is 15.2 Å². The average molecular weight is 267 g/mol. The van der Waals surface area contributed by atoms with Crippen molar-refractivity contribution in [3.05, 3.63) is 24.3 Å². The van der Waals surface area contributed by atoms with Crippen LogP contribution in [-0.4, -0.2) is 30.5 Å². The first kappa shape index (κ1) is 15.8. The SMILES string of the molecule is CCCOc1ccccc1OCCCC(C)(O)CN. The van der Waals surface area contributed by atoms with E-state index >= 15 is 0 Å². The van der Waals surface area contributed by atoms with E-state index in [1.165, 1.54) is 0 Å². The predicted octanol–water partition coefficient (Wildman–Crippen LogP) is 2.34. The molecule has 4 nitrogen and oxygen atoms in total. The number of aliphatic hydroxyl groups is 1. The number of ether oxygens (including phenoxy) is 2. The number of rotatable bonds is 9. The summed E-state index contributed by atoms with van der Waals surface area (Å²) in [4.78, 5) is 0. The molecule has 0 aliphatic rings. The fourth-order valence-corrected chi connectivity index (χ4v) is 1.64. The van der Waals surface area contributed by atoms with Gasteiger partial charge >= 0.3 is 0 Å². The zero-order chi connectivity index (χ0) is 14.1. The van der Waals surface area contributed by atoms with E-state index in [2.05, 4.69) is 6.92 Å². The van der Waals surface area contributed by atoms with Crippen molar-refractivity contribution in [1.29, 1.82) is 0 Å². The van der Waals surface area contributed by atoms with Crippen molar-refractivity contribution in [3.63, 3.8) is 0 Å². The molecule has 3 N–H and O–H groups in total. The molecular weight excluding hydrogens is 242 g/mol. The van der Waals surface area contributed by atoms with E-state index in [0.717, 1.165) is 24.3 Å². The van der Waals surface area contributed by atoms with Crippen molar-refractivity contribution < 1.29 is 14.6 Å². The second kappa shape index (κ2) is 8.02. The lowest BCUT2D eigenvalue weighted by Gasteiger charge is -2.20. The zero-order valence-electron chi connectivity index (χ0n) is 11.9. The summed E-state index contributed by atoms with van der Waals surface area (Å²) >= 11 is 0. The van der Waals surface area contributed by atoms with Crippen LogP contribution < -0.4 is 15.2 Å². The van der Waals surface area contributed by atoms with Crippen molar-refractivity contribution in [2.75, 3.05) is 19.8 Å².